The summed E-state index contributed by atoms with van der Waals surface area (Å²) in [5.41, 5.74) is 1.44. The number of allylic oxidation sites excluding steroid dienone is 2. The Kier molecular flexibility index (Phi) is 8.10. The van der Waals surface area contributed by atoms with Crippen molar-refractivity contribution in [3.63, 3.8) is 0 Å². The molecule has 1 heteroatoms. The Morgan fingerprint density at radius 1 is 1.45 bits per heavy atom. The second-order valence-electron chi connectivity index (χ2n) is 2.72. The Labute approximate surface area is 76.9 Å². The van der Waals surface area contributed by atoms with E-state index in [0.29, 0.717) is 0 Å². The fourth-order valence-corrected chi connectivity index (χ4v) is 2.10. The molecular weight excluding hydrogens is 199 g/mol. The van der Waals surface area contributed by atoms with Gasteiger partial charge in [-0.25, -0.2) is 0 Å². The van der Waals surface area contributed by atoms with Crippen molar-refractivity contribution in [1.82, 2.24) is 0 Å². The second kappa shape index (κ2) is 8.10. The van der Waals surface area contributed by atoms with Crippen LogP contribution in [0.25, 0.3) is 0 Å². The molecule has 0 heterocycles. The molecule has 0 spiro atoms. The molecule has 0 aromatic carbocycles. The van der Waals surface area contributed by atoms with Crippen LogP contribution in [-0.4, -0.2) is 15.0 Å². The van der Waals surface area contributed by atoms with Crippen molar-refractivity contribution in [3.05, 3.63) is 24.8 Å². The molecule has 0 aromatic rings. The molecule has 0 radical (unpaired) electrons. The van der Waals surface area contributed by atoms with E-state index in [1.807, 2.05) is 6.08 Å². The molecule has 0 unspecified atom stereocenters. The van der Waals surface area contributed by atoms with Crippen LogP contribution in [0, 0.1) is 0 Å². The van der Waals surface area contributed by atoms with E-state index in [-0.39, 0.29) is 0 Å². The molecule has 0 saturated heterocycles. The molecule has 0 aliphatic carbocycles. The number of unbranched alkanes of at least 4 members (excludes halogenated alkanes) is 2. The van der Waals surface area contributed by atoms with Gasteiger partial charge in [-0.3, -0.25) is 0 Å². The van der Waals surface area contributed by atoms with Gasteiger partial charge in [0.2, 0.25) is 0 Å². The zero-order valence-corrected chi connectivity index (χ0v) is 9.15. The van der Waals surface area contributed by atoms with Crippen LogP contribution in [0.5, 0.6) is 0 Å². The molecule has 0 N–H and O–H groups in total. The molecule has 0 aliphatic heterocycles. The standard InChI is InChI=1S/C10H18Se/c1-4-5-6-7-8-10(2)9-11-3/h4H,1-2,5-9H2,3H3. The van der Waals surface area contributed by atoms with E-state index >= 15 is 0 Å². The Morgan fingerprint density at radius 2 is 2.18 bits per heavy atom. The van der Waals surface area contributed by atoms with Crippen molar-refractivity contribution in [3.8, 4) is 0 Å². The normalized spacial score (nSPS) is 9.55. The van der Waals surface area contributed by atoms with Gasteiger partial charge >= 0.3 is 76.6 Å². The van der Waals surface area contributed by atoms with Crippen LogP contribution in [0.1, 0.15) is 25.7 Å². The minimum atomic E-state index is 0.773. The summed E-state index contributed by atoms with van der Waals surface area (Å²) in [6, 6.07) is 0. The van der Waals surface area contributed by atoms with Crippen LogP contribution in [-0.2, 0) is 0 Å². The van der Waals surface area contributed by atoms with E-state index in [9.17, 15) is 0 Å². The third-order valence-corrected chi connectivity index (χ3v) is 3.00. The minimum absolute atomic E-state index is 0.773. The number of hydrogen-bond donors (Lipinski definition) is 0. The van der Waals surface area contributed by atoms with Crippen molar-refractivity contribution < 1.29 is 0 Å². The molecule has 0 bridgehead atoms. The van der Waals surface area contributed by atoms with Gasteiger partial charge in [0.15, 0.2) is 0 Å². The van der Waals surface area contributed by atoms with Crippen LogP contribution in [0.2, 0.25) is 11.1 Å². The molecule has 0 nitrogen and oxygen atoms in total. The summed E-state index contributed by atoms with van der Waals surface area (Å²) in [4.78, 5) is 0. The second-order valence-corrected chi connectivity index (χ2v) is 4.53. The van der Waals surface area contributed by atoms with Gasteiger partial charge in [-0.2, -0.15) is 0 Å². The van der Waals surface area contributed by atoms with Gasteiger partial charge in [-0.05, 0) is 0 Å². The first-order valence-electron chi connectivity index (χ1n) is 4.07. The van der Waals surface area contributed by atoms with Crippen LogP contribution in [0.3, 0.4) is 0 Å². The van der Waals surface area contributed by atoms with E-state index in [0.717, 1.165) is 21.4 Å². The maximum atomic E-state index is 4.03. The van der Waals surface area contributed by atoms with E-state index in [4.69, 9.17) is 0 Å². The number of hydrogen-bond acceptors (Lipinski definition) is 0. The van der Waals surface area contributed by atoms with Gasteiger partial charge in [0, 0.05) is 0 Å². The Morgan fingerprint density at radius 3 is 2.73 bits per heavy atom. The molecule has 0 amide bonds. The predicted molar refractivity (Wildman–Crippen MR) is 54.2 cm³/mol. The molecule has 0 atom stereocenters. The Hall–Kier alpha value is -0.000519. The average molecular weight is 217 g/mol. The van der Waals surface area contributed by atoms with E-state index in [2.05, 4.69) is 19.0 Å². The summed E-state index contributed by atoms with van der Waals surface area (Å²) < 4.78 is 0. The monoisotopic (exact) mass is 218 g/mol. The number of rotatable bonds is 7. The zero-order chi connectivity index (χ0) is 8.53. The fourth-order valence-electron chi connectivity index (χ4n) is 0.940. The van der Waals surface area contributed by atoms with Crippen LogP contribution >= 0.6 is 0 Å². The van der Waals surface area contributed by atoms with Crippen molar-refractivity contribution in [2.45, 2.75) is 36.8 Å². The topological polar surface area (TPSA) is 0 Å². The molecule has 0 rings (SSSR count). The first kappa shape index (κ1) is 11.0. The molecule has 64 valence electrons. The first-order chi connectivity index (χ1) is 5.31. The Bertz CT molecular complexity index is 116. The van der Waals surface area contributed by atoms with Crippen molar-refractivity contribution in [1.29, 1.82) is 0 Å². The summed E-state index contributed by atoms with van der Waals surface area (Å²) in [6.45, 7) is 7.73. The summed E-state index contributed by atoms with van der Waals surface area (Å²) in [6.07, 6.45) is 6.95. The summed E-state index contributed by atoms with van der Waals surface area (Å²) in [7, 11) is 0. The van der Waals surface area contributed by atoms with Crippen molar-refractivity contribution in [2.24, 2.45) is 0 Å². The summed E-state index contributed by atoms with van der Waals surface area (Å²) in [5.74, 6) is 2.27. The van der Waals surface area contributed by atoms with Crippen molar-refractivity contribution >= 4 is 15.0 Å². The van der Waals surface area contributed by atoms with E-state index in [1.54, 1.807) is 0 Å². The molecule has 0 aliphatic rings. The van der Waals surface area contributed by atoms with Crippen LogP contribution in [0.4, 0.5) is 0 Å². The molecular formula is C10H18Se. The van der Waals surface area contributed by atoms with Crippen molar-refractivity contribution in [2.75, 3.05) is 0 Å². The molecule has 0 fully saturated rings. The van der Waals surface area contributed by atoms with E-state index in [1.165, 1.54) is 30.2 Å². The summed E-state index contributed by atoms with van der Waals surface area (Å²) in [5, 5.41) is 1.26. The van der Waals surface area contributed by atoms with Gasteiger partial charge in [0.05, 0.1) is 0 Å². The molecule has 0 saturated carbocycles. The fraction of sp³-hybridized carbons (Fsp3) is 0.600. The molecule has 0 aromatic heterocycles. The summed E-state index contributed by atoms with van der Waals surface area (Å²) >= 11 is 0.773. The van der Waals surface area contributed by atoms with Gasteiger partial charge in [-0.1, -0.05) is 0 Å². The van der Waals surface area contributed by atoms with Gasteiger partial charge in [-0.15, -0.1) is 0 Å². The quantitative estimate of drug-likeness (QED) is 0.348. The first-order valence-corrected chi connectivity index (χ1v) is 7.00. The van der Waals surface area contributed by atoms with Crippen LogP contribution < -0.4 is 0 Å². The average Bonchev–Trinajstić information content (AvgIpc) is 1.99. The maximum absolute atomic E-state index is 4.03. The van der Waals surface area contributed by atoms with Gasteiger partial charge in [0.1, 0.15) is 0 Å². The van der Waals surface area contributed by atoms with Crippen LogP contribution in [0.15, 0.2) is 24.8 Å². The molecule has 11 heavy (non-hydrogen) atoms. The SMILES string of the molecule is C=CCCCCC(=C)C[Se]C. The Balaban J connectivity index is 3.10. The predicted octanol–water partition coefficient (Wildman–Crippen LogP) is 3.46. The van der Waals surface area contributed by atoms with Gasteiger partial charge < -0.3 is 0 Å². The zero-order valence-electron chi connectivity index (χ0n) is 7.44. The van der Waals surface area contributed by atoms with E-state index < -0.39 is 0 Å². The third-order valence-electron chi connectivity index (χ3n) is 1.54. The van der Waals surface area contributed by atoms with Gasteiger partial charge in [0.25, 0.3) is 0 Å². The third kappa shape index (κ3) is 7.90.